The van der Waals surface area contributed by atoms with Crippen LogP contribution in [0.1, 0.15) is 34.1 Å². The Morgan fingerprint density at radius 2 is 1.77 bits per heavy atom. The van der Waals surface area contributed by atoms with Gasteiger partial charge in [0, 0.05) is 11.6 Å². The summed E-state index contributed by atoms with van der Waals surface area (Å²) in [6.45, 7) is 5.49. The van der Waals surface area contributed by atoms with E-state index in [0.29, 0.717) is 22.6 Å². The highest BCUT2D eigenvalue weighted by Gasteiger charge is 2.48. The van der Waals surface area contributed by atoms with E-state index in [1.54, 1.807) is 38.3 Å². The van der Waals surface area contributed by atoms with E-state index in [1.165, 1.54) is 4.90 Å². The number of aryl methyl sites for hydroxylation is 3. The highest BCUT2D eigenvalue weighted by Crippen LogP contribution is 2.42. The van der Waals surface area contributed by atoms with Gasteiger partial charge in [-0.05, 0) is 50.1 Å². The highest BCUT2D eigenvalue weighted by atomic mass is 16.5. The number of methoxy groups -OCH3 is 1. The smallest absolute Gasteiger partial charge is 0.301 e. The Kier molecular flexibility index (Phi) is 5.10. The Labute approximate surface area is 179 Å². The fourth-order valence-electron chi connectivity index (χ4n) is 3.78. The summed E-state index contributed by atoms with van der Waals surface area (Å²) >= 11 is 0. The van der Waals surface area contributed by atoms with Gasteiger partial charge in [0.1, 0.15) is 17.3 Å². The Morgan fingerprint density at radius 3 is 2.35 bits per heavy atom. The first kappa shape index (κ1) is 20.4. The number of nitrogens with zero attached hydrogens (tertiary/aromatic N) is 2. The summed E-state index contributed by atoms with van der Waals surface area (Å²) in [6, 6.07) is 13.3. The second kappa shape index (κ2) is 7.75. The number of rotatable bonds is 4. The largest absolute Gasteiger partial charge is 0.507 e. The van der Waals surface area contributed by atoms with E-state index in [9.17, 15) is 14.7 Å². The van der Waals surface area contributed by atoms with Gasteiger partial charge in [0.15, 0.2) is 5.82 Å². The number of amides is 1. The molecule has 3 aromatic rings. The van der Waals surface area contributed by atoms with E-state index in [2.05, 4.69) is 5.16 Å². The zero-order chi connectivity index (χ0) is 22.3. The normalized spacial score (nSPS) is 17.9. The minimum absolute atomic E-state index is 0.000858. The van der Waals surface area contributed by atoms with E-state index in [1.807, 2.05) is 38.1 Å². The summed E-state index contributed by atoms with van der Waals surface area (Å²) in [6.07, 6.45) is 0. The monoisotopic (exact) mass is 418 g/mol. The molecule has 1 saturated heterocycles. The van der Waals surface area contributed by atoms with Crippen molar-refractivity contribution in [1.29, 1.82) is 0 Å². The van der Waals surface area contributed by atoms with Crippen molar-refractivity contribution in [2.24, 2.45) is 0 Å². The van der Waals surface area contributed by atoms with Gasteiger partial charge in [-0.1, -0.05) is 35.0 Å². The van der Waals surface area contributed by atoms with E-state index < -0.39 is 17.7 Å². The molecule has 1 aliphatic heterocycles. The van der Waals surface area contributed by atoms with Gasteiger partial charge < -0.3 is 14.4 Å². The molecule has 31 heavy (non-hydrogen) atoms. The molecule has 1 amide bonds. The third-order valence-corrected chi connectivity index (χ3v) is 5.37. The summed E-state index contributed by atoms with van der Waals surface area (Å²) in [5.41, 5.74) is 2.92. The van der Waals surface area contributed by atoms with E-state index in [-0.39, 0.29) is 17.2 Å². The Bertz CT molecular complexity index is 1210. The van der Waals surface area contributed by atoms with Crippen LogP contribution < -0.4 is 9.64 Å². The van der Waals surface area contributed by atoms with Crippen LogP contribution in [0.5, 0.6) is 5.75 Å². The molecule has 0 aliphatic carbocycles. The van der Waals surface area contributed by atoms with Gasteiger partial charge in [-0.25, -0.2) is 0 Å². The van der Waals surface area contributed by atoms with Gasteiger partial charge in [0.05, 0.1) is 18.7 Å². The molecule has 0 bridgehead atoms. The van der Waals surface area contributed by atoms with Crippen LogP contribution in [0, 0.1) is 20.8 Å². The van der Waals surface area contributed by atoms with Crippen LogP contribution >= 0.6 is 0 Å². The minimum atomic E-state index is -0.840. The third kappa shape index (κ3) is 3.48. The molecule has 1 atom stereocenters. The maximum Gasteiger partial charge on any atom is 0.301 e. The van der Waals surface area contributed by atoms with Crippen LogP contribution in [-0.2, 0) is 9.59 Å². The van der Waals surface area contributed by atoms with E-state index in [4.69, 9.17) is 9.26 Å². The Hall–Kier alpha value is -3.87. The van der Waals surface area contributed by atoms with Gasteiger partial charge in [-0.15, -0.1) is 0 Å². The average molecular weight is 418 g/mol. The lowest BCUT2D eigenvalue weighted by atomic mass is 9.94. The average Bonchev–Trinajstić information content (AvgIpc) is 3.29. The fourth-order valence-corrected chi connectivity index (χ4v) is 3.78. The molecule has 1 N–H and O–H groups in total. The van der Waals surface area contributed by atoms with Gasteiger partial charge in [-0.2, -0.15) is 0 Å². The zero-order valence-electron chi connectivity index (χ0n) is 17.7. The van der Waals surface area contributed by atoms with Crippen molar-refractivity contribution in [3.8, 4) is 5.75 Å². The van der Waals surface area contributed by atoms with Crippen molar-refractivity contribution in [3.05, 3.63) is 82.1 Å². The molecule has 1 unspecified atom stereocenters. The van der Waals surface area contributed by atoms with Crippen molar-refractivity contribution >= 4 is 23.3 Å². The number of carbonyl (C=O) groups excluding carboxylic acids is 2. The number of aromatic nitrogens is 1. The van der Waals surface area contributed by atoms with E-state index >= 15 is 0 Å². The topological polar surface area (TPSA) is 92.9 Å². The zero-order valence-corrected chi connectivity index (χ0v) is 17.7. The lowest BCUT2D eigenvalue weighted by molar-refractivity contribution is -0.132. The predicted molar refractivity (Wildman–Crippen MR) is 115 cm³/mol. The van der Waals surface area contributed by atoms with Gasteiger partial charge in [-0.3, -0.25) is 14.5 Å². The SMILES string of the molecule is COc1ccc(C(O)=C2C(=O)C(=O)N(c3cc(C)on3)C2c2ccc(C)cc2)cc1C. The first-order valence-corrected chi connectivity index (χ1v) is 9.77. The summed E-state index contributed by atoms with van der Waals surface area (Å²) < 4.78 is 10.4. The number of ether oxygens (including phenoxy) is 1. The summed E-state index contributed by atoms with van der Waals surface area (Å²) in [4.78, 5) is 27.4. The summed E-state index contributed by atoms with van der Waals surface area (Å²) in [5.74, 6) is -0.425. The summed E-state index contributed by atoms with van der Waals surface area (Å²) in [5, 5.41) is 15.1. The minimum Gasteiger partial charge on any atom is -0.507 e. The predicted octanol–water partition coefficient (Wildman–Crippen LogP) is 4.23. The van der Waals surface area contributed by atoms with Crippen LogP contribution in [0.2, 0.25) is 0 Å². The molecule has 1 aliphatic rings. The number of anilines is 1. The molecular weight excluding hydrogens is 396 g/mol. The highest BCUT2D eigenvalue weighted by molar-refractivity contribution is 6.51. The lowest BCUT2D eigenvalue weighted by Gasteiger charge is -2.23. The fraction of sp³-hybridized carbons (Fsp3) is 0.208. The van der Waals surface area contributed by atoms with Crippen molar-refractivity contribution < 1.29 is 24.0 Å². The molecule has 0 spiro atoms. The second-order valence-corrected chi connectivity index (χ2v) is 7.56. The molecule has 2 aromatic carbocycles. The molecule has 2 heterocycles. The number of Topliss-reactive ketones (excluding diaryl/α,β-unsaturated/α-hetero) is 1. The molecule has 7 nitrogen and oxygen atoms in total. The molecule has 1 aromatic heterocycles. The van der Waals surface area contributed by atoms with Crippen LogP contribution in [0.4, 0.5) is 5.82 Å². The van der Waals surface area contributed by atoms with Gasteiger partial charge in [0.25, 0.3) is 5.78 Å². The number of benzene rings is 2. The second-order valence-electron chi connectivity index (χ2n) is 7.56. The van der Waals surface area contributed by atoms with Crippen molar-refractivity contribution in [2.45, 2.75) is 26.8 Å². The first-order chi connectivity index (χ1) is 14.8. The third-order valence-electron chi connectivity index (χ3n) is 5.37. The van der Waals surface area contributed by atoms with Crippen LogP contribution in [-0.4, -0.2) is 29.1 Å². The van der Waals surface area contributed by atoms with Gasteiger partial charge in [0.2, 0.25) is 0 Å². The van der Waals surface area contributed by atoms with Crippen molar-refractivity contribution in [2.75, 3.05) is 12.0 Å². The standard InChI is InChI=1S/C24H22N2O5/c1-13-5-7-16(8-6-13)21-20(22(27)17-9-10-18(30-4)14(2)11-17)23(28)24(29)26(21)19-12-15(3)31-25-19/h5-12,21,27H,1-4H3. The number of carbonyl (C=O) groups is 2. The number of hydrogen-bond donors (Lipinski definition) is 1. The van der Waals surface area contributed by atoms with Crippen LogP contribution in [0.3, 0.4) is 0 Å². The summed E-state index contributed by atoms with van der Waals surface area (Å²) in [7, 11) is 1.56. The first-order valence-electron chi connectivity index (χ1n) is 9.77. The molecule has 4 rings (SSSR count). The van der Waals surface area contributed by atoms with Crippen molar-refractivity contribution in [1.82, 2.24) is 5.16 Å². The molecule has 0 radical (unpaired) electrons. The number of aliphatic hydroxyl groups excluding tert-OH is 1. The van der Waals surface area contributed by atoms with Crippen molar-refractivity contribution in [3.63, 3.8) is 0 Å². The maximum atomic E-state index is 13.1. The van der Waals surface area contributed by atoms with Gasteiger partial charge >= 0.3 is 5.91 Å². The van der Waals surface area contributed by atoms with Crippen LogP contribution in [0.15, 0.2) is 58.6 Å². The number of hydrogen-bond acceptors (Lipinski definition) is 6. The number of aliphatic hydroxyl groups is 1. The Morgan fingerprint density at radius 1 is 1.06 bits per heavy atom. The van der Waals surface area contributed by atoms with Crippen LogP contribution in [0.25, 0.3) is 5.76 Å². The molecule has 1 fully saturated rings. The number of ketones is 1. The molecule has 7 heteroatoms. The molecule has 158 valence electrons. The Balaban J connectivity index is 1.93. The quantitative estimate of drug-likeness (QED) is 0.387. The maximum absolute atomic E-state index is 13.1. The molecular formula is C24H22N2O5. The molecule has 0 saturated carbocycles. The lowest BCUT2D eigenvalue weighted by Crippen LogP contribution is -2.29. The van der Waals surface area contributed by atoms with E-state index in [0.717, 1.165) is 11.1 Å².